The Bertz CT molecular complexity index is 559. The molecule has 19 heavy (non-hydrogen) atoms. The molecule has 0 fully saturated rings. The second-order valence-corrected chi connectivity index (χ2v) is 4.18. The molecule has 1 heterocycles. The van der Waals surface area contributed by atoms with Crippen molar-refractivity contribution < 1.29 is 9.45 Å². The van der Waals surface area contributed by atoms with Crippen molar-refractivity contribution in [3.63, 3.8) is 0 Å². The van der Waals surface area contributed by atoms with Crippen molar-refractivity contribution in [2.24, 2.45) is 0 Å². The van der Waals surface area contributed by atoms with E-state index in [1.165, 1.54) is 12.5 Å². The lowest BCUT2D eigenvalue weighted by Crippen LogP contribution is -2.18. The smallest absolute Gasteiger partial charge is 0.275 e. The predicted molar refractivity (Wildman–Crippen MR) is 67.8 cm³/mol. The van der Waals surface area contributed by atoms with Gasteiger partial charge in [0, 0.05) is 25.6 Å². The molecule has 0 bridgehead atoms. The fraction of sp³-hybridized carbons (Fsp3) is 0.273. The Balaban J connectivity index is 1.93. The molecule has 8 heteroatoms. The van der Waals surface area contributed by atoms with Gasteiger partial charge in [0.15, 0.2) is 5.82 Å². The van der Waals surface area contributed by atoms with Crippen LogP contribution in [0.1, 0.15) is 11.4 Å². The number of benzene rings is 1. The molecule has 0 spiro atoms. The second kappa shape index (κ2) is 6.26. The first-order valence-corrected chi connectivity index (χ1v) is 5.94. The van der Waals surface area contributed by atoms with Crippen LogP contribution in [0.4, 0.5) is 5.69 Å². The third-order valence-electron chi connectivity index (χ3n) is 2.52. The van der Waals surface area contributed by atoms with Gasteiger partial charge in [0.05, 0.1) is 15.5 Å². The van der Waals surface area contributed by atoms with Gasteiger partial charge in [-0.25, -0.2) is 0 Å². The quantitative estimate of drug-likeness (QED) is 0.494. The summed E-state index contributed by atoms with van der Waals surface area (Å²) in [6.45, 7) is 0.885. The summed E-state index contributed by atoms with van der Waals surface area (Å²) in [4.78, 5) is 14.3. The number of nitrogens with one attached hydrogen (secondary N) is 1. The van der Waals surface area contributed by atoms with E-state index in [0.717, 1.165) is 0 Å². The zero-order chi connectivity index (χ0) is 13.7. The number of hydrogen-bond donors (Lipinski definition) is 1. The Morgan fingerprint density at radius 2 is 2.32 bits per heavy atom. The Kier molecular flexibility index (Phi) is 4.43. The Morgan fingerprint density at radius 3 is 3.00 bits per heavy atom. The number of nitro groups is 1. The molecule has 1 aromatic carbocycles. The maximum Gasteiger partial charge on any atom is 0.275 e. The zero-order valence-corrected chi connectivity index (χ0v) is 10.6. The standard InChI is InChI=1S/C11H11ClN4O3/c12-9-2-1-3-10(16(17)18)8(9)6-13-5-4-11-14-7-19-15-11/h1-3,7,13H,4-6H2. The number of nitro benzene ring substituents is 1. The molecular formula is C11H11ClN4O3. The molecule has 100 valence electrons. The van der Waals surface area contributed by atoms with E-state index in [2.05, 4.69) is 20.0 Å². The molecule has 7 nitrogen and oxygen atoms in total. The molecule has 1 N–H and O–H groups in total. The summed E-state index contributed by atoms with van der Waals surface area (Å²) in [5.41, 5.74) is 0.488. The van der Waals surface area contributed by atoms with Crippen LogP contribution in [0.25, 0.3) is 0 Å². The van der Waals surface area contributed by atoms with Gasteiger partial charge in [0.2, 0.25) is 6.39 Å². The van der Waals surface area contributed by atoms with Crippen molar-refractivity contribution in [3.05, 3.63) is 51.1 Å². The van der Waals surface area contributed by atoms with Crippen LogP contribution in [-0.4, -0.2) is 21.6 Å². The summed E-state index contributed by atoms with van der Waals surface area (Å²) in [5.74, 6) is 0.584. The maximum atomic E-state index is 10.9. The van der Waals surface area contributed by atoms with Crippen molar-refractivity contribution in [2.75, 3.05) is 6.54 Å². The van der Waals surface area contributed by atoms with E-state index in [9.17, 15) is 10.1 Å². The van der Waals surface area contributed by atoms with Crippen molar-refractivity contribution in [1.29, 1.82) is 0 Å². The monoisotopic (exact) mass is 282 g/mol. The van der Waals surface area contributed by atoms with Crippen LogP contribution < -0.4 is 5.32 Å². The van der Waals surface area contributed by atoms with Gasteiger partial charge in [0.1, 0.15) is 0 Å². The van der Waals surface area contributed by atoms with Gasteiger partial charge in [-0.3, -0.25) is 10.1 Å². The fourth-order valence-electron chi connectivity index (χ4n) is 1.61. The highest BCUT2D eigenvalue weighted by molar-refractivity contribution is 6.31. The van der Waals surface area contributed by atoms with Gasteiger partial charge in [-0.2, -0.15) is 4.98 Å². The molecule has 0 atom stereocenters. The summed E-state index contributed by atoms with van der Waals surface area (Å²) >= 11 is 5.97. The highest BCUT2D eigenvalue weighted by Crippen LogP contribution is 2.25. The Labute approximate surface area is 113 Å². The molecular weight excluding hydrogens is 272 g/mol. The first-order chi connectivity index (χ1) is 9.18. The lowest BCUT2D eigenvalue weighted by Gasteiger charge is -2.06. The van der Waals surface area contributed by atoms with Crippen LogP contribution in [0.5, 0.6) is 0 Å². The van der Waals surface area contributed by atoms with Gasteiger partial charge < -0.3 is 9.84 Å². The largest absolute Gasteiger partial charge is 0.343 e. The predicted octanol–water partition coefficient (Wildman–Crippen LogP) is 1.96. The third-order valence-corrected chi connectivity index (χ3v) is 2.88. The van der Waals surface area contributed by atoms with Crippen LogP contribution in [-0.2, 0) is 13.0 Å². The number of halogens is 1. The summed E-state index contributed by atoms with van der Waals surface area (Å²) < 4.78 is 4.60. The first-order valence-electron chi connectivity index (χ1n) is 5.56. The highest BCUT2D eigenvalue weighted by atomic mass is 35.5. The average molecular weight is 283 g/mol. The maximum absolute atomic E-state index is 10.9. The van der Waals surface area contributed by atoms with Gasteiger partial charge >= 0.3 is 0 Å². The van der Waals surface area contributed by atoms with Crippen molar-refractivity contribution >= 4 is 17.3 Å². The van der Waals surface area contributed by atoms with E-state index in [0.29, 0.717) is 35.9 Å². The molecule has 1 aromatic heterocycles. The van der Waals surface area contributed by atoms with Crippen molar-refractivity contribution in [1.82, 2.24) is 15.5 Å². The molecule has 0 saturated heterocycles. The van der Waals surface area contributed by atoms with Gasteiger partial charge in [-0.05, 0) is 6.07 Å². The molecule has 0 unspecified atom stereocenters. The summed E-state index contributed by atoms with van der Waals surface area (Å²) in [7, 11) is 0. The lowest BCUT2D eigenvalue weighted by molar-refractivity contribution is -0.385. The topological polar surface area (TPSA) is 94.1 Å². The van der Waals surface area contributed by atoms with Crippen LogP contribution in [0.3, 0.4) is 0 Å². The normalized spacial score (nSPS) is 10.6. The van der Waals surface area contributed by atoms with Crippen LogP contribution in [0.2, 0.25) is 5.02 Å². The molecule has 0 aliphatic rings. The number of aromatic nitrogens is 2. The van der Waals surface area contributed by atoms with E-state index in [1.54, 1.807) is 12.1 Å². The van der Waals surface area contributed by atoms with Gasteiger partial charge in [-0.1, -0.05) is 22.8 Å². The number of hydrogen-bond acceptors (Lipinski definition) is 6. The second-order valence-electron chi connectivity index (χ2n) is 3.77. The molecule has 0 amide bonds. The minimum atomic E-state index is -0.442. The van der Waals surface area contributed by atoms with E-state index in [1.807, 2.05) is 0 Å². The first kappa shape index (κ1) is 13.4. The molecule has 0 radical (unpaired) electrons. The van der Waals surface area contributed by atoms with Crippen molar-refractivity contribution in [3.8, 4) is 0 Å². The van der Waals surface area contributed by atoms with Gasteiger partial charge in [0.25, 0.3) is 5.69 Å². The van der Waals surface area contributed by atoms with Crippen LogP contribution >= 0.6 is 11.6 Å². The molecule has 0 saturated carbocycles. The van der Waals surface area contributed by atoms with Crippen LogP contribution in [0, 0.1) is 10.1 Å². The SMILES string of the molecule is O=[N+]([O-])c1cccc(Cl)c1CNCCc1ncon1. The Hall–Kier alpha value is -1.99. The van der Waals surface area contributed by atoms with Gasteiger partial charge in [-0.15, -0.1) is 0 Å². The molecule has 0 aliphatic carbocycles. The number of nitrogens with zero attached hydrogens (tertiary/aromatic N) is 3. The average Bonchev–Trinajstić information content (AvgIpc) is 2.88. The van der Waals surface area contributed by atoms with Crippen LogP contribution in [0.15, 0.2) is 29.1 Å². The lowest BCUT2D eigenvalue weighted by atomic mass is 10.2. The minimum Gasteiger partial charge on any atom is -0.343 e. The van der Waals surface area contributed by atoms with E-state index in [-0.39, 0.29) is 5.69 Å². The molecule has 0 aliphatic heterocycles. The highest BCUT2D eigenvalue weighted by Gasteiger charge is 2.15. The van der Waals surface area contributed by atoms with E-state index in [4.69, 9.17) is 11.6 Å². The summed E-state index contributed by atoms with van der Waals surface area (Å²) in [6, 6.07) is 4.62. The van der Waals surface area contributed by atoms with Crippen molar-refractivity contribution in [2.45, 2.75) is 13.0 Å². The molecule has 2 aromatic rings. The Morgan fingerprint density at radius 1 is 1.47 bits per heavy atom. The molecule has 2 rings (SSSR count). The number of rotatable bonds is 6. The third kappa shape index (κ3) is 3.49. The van der Waals surface area contributed by atoms with E-state index >= 15 is 0 Å². The van der Waals surface area contributed by atoms with E-state index < -0.39 is 4.92 Å². The zero-order valence-electron chi connectivity index (χ0n) is 9.88. The summed E-state index contributed by atoms with van der Waals surface area (Å²) in [6.07, 6.45) is 1.84. The minimum absolute atomic E-state index is 0.0135. The summed E-state index contributed by atoms with van der Waals surface area (Å²) in [5, 5.41) is 18.0. The fourth-order valence-corrected chi connectivity index (χ4v) is 1.85.